The van der Waals surface area contributed by atoms with E-state index in [0.29, 0.717) is 0 Å². The maximum Gasteiger partial charge on any atom is 0.227 e. The van der Waals surface area contributed by atoms with Crippen molar-refractivity contribution in [1.29, 1.82) is 0 Å². The molecule has 0 aliphatic carbocycles. The van der Waals surface area contributed by atoms with E-state index >= 15 is 0 Å². The zero-order valence-electron chi connectivity index (χ0n) is 10.3. The Bertz CT molecular complexity index is 406. The second-order valence-corrected chi connectivity index (χ2v) is 5.03. The summed E-state index contributed by atoms with van der Waals surface area (Å²) in [4.78, 5) is 11.9. The average molecular weight is 258 g/mol. The Morgan fingerprint density at radius 3 is 2.71 bits per heavy atom. The standard InChI is InChI=1S/C13H17ClFNO/c1-9(10-5-4-6-11(15)7-10)16-12(17)13(2,3)8-14/h4-7,9H,8H2,1-3H3,(H,16,17)/t9-/m0/s1. The molecule has 0 fully saturated rings. The Labute approximate surface area is 106 Å². The molecule has 1 rings (SSSR count). The summed E-state index contributed by atoms with van der Waals surface area (Å²) >= 11 is 5.72. The minimum absolute atomic E-state index is 0.135. The molecule has 2 nitrogen and oxygen atoms in total. The van der Waals surface area contributed by atoms with Crippen LogP contribution in [-0.2, 0) is 4.79 Å². The first kappa shape index (κ1) is 14.0. The van der Waals surface area contributed by atoms with Gasteiger partial charge < -0.3 is 5.32 Å². The van der Waals surface area contributed by atoms with Crippen LogP contribution < -0.4 is 5.32 Å². The van der Waals surface area contributed by atoms with Crippen LogP contribution >= 0.6 is 11.6 Å². The van der Waals surface area contributed by atoms with Gasteiger partial charge in [0.1, 0.15) is 5.82 Å². The molecule has 0 aromatic heterocycles. The highest BCUT2D eigenvalue weighted by molar-refractivity contribution is 6.19. The molecule has 1 atom stereocenters. The molecular formula is C13H17ClFNO. The van der Waals surface area contributed by atoms with Crippen molar-refractivity contribution in [3.05, 3.63) is 35.6 Å². The number of hydrogen-bond acceptors (Lipinski definition) is 1. The van der Waals surface area contributed by atoms with E-state index in [-0.39, 0.29) is 23.6 Å². The number of carbonyl (C=O) groups is 1. The predicted molar refractivity (Wildman–Crippen MR) is 67.5 cm³/mol. The van der Waals surface area contributed by atoms with E-state index in [2.05, 4.69) is 5.32 Å². The topological polar surface area (TPSA) is 29.1 Å². The number of carbonyl (C=O) groups excluding carboxylic acids is 1. The molecule has 0 radical (unpaired) electrons. The first-order valence-electron chi connectivity index (χ1n) is 5.49. The zero-order valence-corrected chi connectivity index (χ0v) is 11.0. The van der Waals surface area contributed by atoms with Crippen molar-refractivity contribution in [2.24, 2.45) is 5.41 Å². The van der Waals surface area contributed by atoms with Gasteiger partial charge in [-0.25, -0.2) is 4.39 Å². The Morgan fingerprint density at radius 1 is 1.53 bits per heavy atom. The highest BCUT2D eigenvalue weighted by Crippen LogP contribution is 2.20. The van der Waals surface area contributed by atoms with Gasteiger partial charge in [-0.05, 0) is 38.5 Å². The lowest BCUT2D eigenvalue weighted by molar-refractivity contribution is -0.129. The van der Waals surface area contributed by atoms with Crippen molar-refractivity contribution < 1.29 is 9.18 Å². The monoisotopic (exact) mass is 257 g/mol. The van der Waals surface area contributed by atoms with Crippen LogP contribution in [0.4, 0.5) is 4.39 Å². The van der Waals surface area contributed by atoms with E-state index in [1.54, 1.807) is 26.0 Å². The average Bonchev–Trinajstić information content (AvgIpc) is 2.28. The van der Waals surface area contributed by atoms with Crippen molar-refractivity contribution in [2.45, 2.75) is 26.8 Å². The van der Waals surface area contributed by atoms with Crippen LogP contribution in [0.15, 0.2) is 24.3 Å². The molecule has 17 heavy (non-hydrogen) atoms. The second-order valence-electron chi connectivity index (χ2n) is 4.77. The van der Waals surface area contributed by atoms with Gasteiger partial charge in [-0.15, -0.1) is 11.6 Å². The fourth-order valence-electron chi connectivity index (χ4n) is 1.31. The second kappa shape index (κ2) is 5.50. The third-order valence-electron chi connectivity index (χ3n) is 2.65. The van der Waals surface area contributed by atoms with E-state index in [0.717, 1.165) is 5.56 Å². The number of nitrogens with one attached hydrogen (secondary N) is 1. The summed E-state index contributed by atoms with van der Waals surface area (Å²) in [5, 5.41) is 2.82. The van der Waals surface area contributed by atoms with Gasteiger partial charge in [0, 0.05) is 5.88 Å². The molecule has 0 spiro atoms. The van der Waals surface area contributed by atoms with Crippen LogP contribution in [0.3, 0.4) is 0 Å². The predicted octanol–water partition coefficient (Wildman–Crippen LogP) is 3.27. The fourth-order valence-corrected chi connectivity index (χ4v) is 1.43. The van der Waals surface area contributed by atoms with Gasteiger partial charge in [0.15, 0.2) is 0 Å². The summed E-state index contributed by atoms with van der Waals surface area (Å²) in [6.45, 7) is 5.36. The molecule has 4 heteroatoms. The molecule has 0 saturated carbocycles. The van der Waals surface area contributed by atoms with Gasteiger partial charge >= 0.3 is 0 Å². The van der Waals surface area contributed by atoms with E-state index in [1.807, 2.05) is 6.92 Å². The molecule has 0 heterocycles. The number of rotatable bonds is 4. The van der Waals surface area contributed by atoms with Gasteiger partial charge in [0.25, 0.3) is 0 Å². The lowest BCUT2D eigenvalue weighted by atomic mass is 9.94. The highest BCUT2D eigenvalue weighted by atomic mass is 35.5. The Balaban J connectivity index is 2.73. The zero-order chi connectivity index (χ0) is 13.1. The molecule has 0 saturated heterocycles. The third-order valence-corrected chi connectivity index (χ3v) is 3.31. The van der Waals surface area contributed by atoms with Crippen LogP contribution in [-0.4, -0.2) is 11.8 Å². The first-order valence-corrected chi connectivity index (χ1v) is 6.02. The lowest BCUT2D eigenvalue weighted by Gasteiger charge is -2.23. The minimum Gasteiger partial charge on any atom is -0.349 e. The van der Waals surface area contributed by atoms with Crippen molar-refractivity contribution in [2.75, 3.05) is 5.88 Å². The summed E-state index contributed by atoms with van der Waals surface area (Å²) in [6.07, 6.45) is 0. The van der Waals surface area contributed by atoms with E-state index in [1.165, 1.54) is 12.1 Å². The lowest BCUT2D eigenvalue weighted by Crippen LogP contribution is -2.39. The van der Waals surface area contributed by atoms with Gasteiger partial charge in [0.05, 0.1) is 11.5 Å². The summed E-state index contributed by atoms with van der Waals surface area (Å²) in [5.41, 5.74) is 0.118. The normalized spacial score (nSPS) is 13.2. The van der Waals surface area contributed by atoms with Crippen molar-refractivity contribution in [3.63, 3.8) is 0 Å². The molecule has 94 valence electrons. The molecule has 1 N–H and O–H groups in total. The Kier molecular flexibility index (Phi) is 4.52. The smallest absolute Gasteiger partial charge is 0.227 e. The van der Waals surface area contributed by atoms with E-state index in [9.17, 15) is 9.18 Å². The molecule has 1 aromatic rings. The van der Waals surface area contributed by atoms with Gasteiger partial charge in [-0.3, -0.25) is 4.79 Å². The maximum absolute atomic E-state index is 13.0. The molecule has 1 amide bonds. The van der Waals surface area contributed by atoms with Crippen LogP contribution in [0.2, 0.25) is 0 Å². The van der Waals surface area contributed by atoms with E-state index in [4.69, 9.17) is 11.6 Å². The van der Waals surface area contributed by atoms with Crippen molar-refractivity contribution in [3.8, 4) is 0 Å². The highest BCUT2D eigenvalue weighted by Gasteiger charge is 2.27. The number of halogens is 2. The summed E-state index contributed by atoms with van der Waals surface area (Å²) in [6, 6.07) is 5.96. The van der Waals surface area contributed by atoms with Crippen LogP contribution in [0, 0.1) is 11.2 Å². The van der Waals surface area contributed by atoms with Gasteiger partial charge in [-0.1, -0.05) is 12.1 Å². The third kappa shape index (κ3) is 3.70. The molecule has 0 aliphatic heterocycles. The minimum atomic E-state index is -0.622. The van der Waals surface area contributed by atoms with Crippen LogP contribution in [0.5, 0.6) is 0 Å². The van der Waals surface area contributed by atoms with E-state index < -0.39 is 5.41 Å². The first-order chi connectivity index (χ1) is 7.86. The molecule has 0 aliphatic rings. The summed E-state index contributed by atoms with van der Waals surface area (Å²) < 4.78 is 13.0. The quantitative estimate of drug-likeness (QED) is 0.824. The number of amides is 1. The SMILES string of the molecule is C[C@H](NC(=O)C(C)(C)CCl)c1cccc(F)c1. The molecule has 1 aromatic carbocycles. The Hall–Kier alpha value is -1.09. The summed E-state index contributed by atoms with van der Waals surface area (Å²) in [7, 11) is 0. The number of alkyl halides is 1. The Morgan fingerprint density at radius 2 is 2.18 bits per heavy atom. The maximum atomic E-state index is 13.0. The number of hydrogen-bond donors (Lipinski definition) is 1. The van der Waals surface area contributed by atoms with Crippen LogP contribution in [0.25, 0.3) is 0 Å². The van der Waals surface area contributed by atoms with Gasteiger partial charge in [0.2, 0.25) is 5.91 Å². The number of benzene rings is 1. The van der Waals surface area contributed by atoms with Crippen LogP contribution in [0.1, 0.15) is 32.4 Å². The van der Waals surface area contributed by atoms with Gasteiger partial charge in [-0.2, -0.15) is 0 Å². The fraction of sp³-hybridized carbons (Fsp3) is 0.462. The molecule has 0 unspecified atom stereocenters. The largest absolute Gasteiger partial charge is 0.349 e. The van der Waals surface area contributed by atoms with Crippen molar-refractivity contribution >= 4 is 17.5 Å². The summed E-state index contributed by atoms with van der Waals surface area (Å²) in [5.74, 6) is -0.196. The molecular weight excluding hydrogens is 241 g/mol. The molecule has 0 bridgehead atoms. The van der Waals surface area contributed by atoms with Crippen molar-refractivity contribution in [1.82, 2.24) is 5.32 Å².